The number of amides is 1. The highest BCUT2D eigenvalue weighted by Crippen LogP contribution is 2.27. The summed E-state index contributed by atoms with van der Waals surface area (Å²) < 4.78 is 1.65. The lowest BCUT2D eigenvalue weighted by Gasteiger charge is -2.38. The van der Waals surface area contributed by atoms with Gasteiger partial charge in [-0.15, -0.1) is 0 Å². The summed E-state index contributed by atoms with van der Waals surface area (Å²) in [4.78, 5) is 33.8. The minimum atomic E-state index is -0.179. The summed E-state index contributed by atoms with van der Waals surface area (Å²) in [5.74, 6) is 0.622. The van der Waals surface area contributed by atoms with E-state index in [-0.39, 0.29) is 17.4 Å². The minimum Gasteiger partial charge on any atom is -0.368 e. The van der Waals surface area contributed by atoms with Gasteiger partial charge in [0.15, 0.2) is 5.16 Å². The molecule has 0 aliphatic carbocycles. The molecule has 1 atom stereocenters. The molecule has 6 nitrogen and oxygen atoms in total. The molecule has 0 radical (unpaired) electrons. The third-order valence-electron chi connectivity index (χ3n) is 5.11. The Balaban J connectivity index is 1.41. The van der Waals surface area contributed by atoms with E-state index in [4.69, 9.17) is 11.6 Å². The molecule has 2 aliphatic rings. The molecule has 0 N–H and O–H groups in total. The molecule has 1 fully saturated rings. The molecule has 1 saturated heterocycles. The largest absolute Gasteiger partial charge is 0.368 e. The number of carbonyl (C=O) groups excluding carboxylic acids is 1. The molecule has 0 spiro atoms. The van der Waals surface area contributed by atoms with Gasteiger partial charge in [-0.25, -0.2) is 4.98 Å². The summed E-state index contributed by atoms with van der Waals surface area (Å²) in [6.07, 6.45) is 1.61. The molecule has 1 unspecified atom stereocenters. The Morgan fingerprint density at radius 2 is 2.04 bits per heavy atom. The van der Waals surface area contributed by atoms with Crippen molar-refractivity contribution in [3.8, 4) is 0 Å². The van der Waals surface area contributed by atoms with Gasteiger partial charge in [-0.05, 0) is 25.1 Å². The van der Waals surface area contributed by atoms with Gasteiger partial charge in [-0.1, -0.05) is 29.4 Å². The first-order chi connectivity index (χ1) is 13.0. The van der Waals surface area contributed by atoms with Crippen LogP contribution in [0.3, 0.4) is 0 Å². The molecule has 1 amide bonds. The van der Waals surface area contributed by atoms with Crippen molar-refractivity contribution in [3.63, 3.8) is 0 Å². The van der Waals surface area contributed by atoms with Gasteiger partial charge in [0.25, 0.3) is 5.56 Å². The Morgan fingerprint density at radius 3 is 2.78 bits per heavy atom. The SMILES string of the molecule is Cc1cnc2n(c1=O)CC(C(=O)N1CCN(c3cccc(Cl)c3)CC1)CS2. The number of nitrogens with zero attached hydrogens (tertiary/aromatic N) is 4. The Hall–Kier alpha value is -1.99. The molecule has 2 aliphatic heterocycles. The fourth-order valence-electron chi connectivity index (χ4n) is 3.57. The second-order valence-electron chi connectivity index (χ2n) is 6.94. The van der Waals surface area contributed by atoms with Gasteiger partial charge in [-0.3, -0.25) is 14.2 Å². The first-order valence-corrected chi connectivity index (χ1v) is 10.4. The molecule has 8 heteroatoms. The van der Waals surface area contributed by atoms with Crippen molar-refractivity contribution in [2.75, 3.05) is 36.8 Å². The van der Waals surface area contributed by atoms with Crippen LogP contribution in [0, 0.1) is 12.8 Å². The Labute approximate surface area is 167 Å². The highest BCUT2D eigenvalue weighted by atomic mass is 35.5. The van der Waals surface area contributed by atoms with Crippen molar-refractivity contribution in [2.45, 2.75) is 18.6 Å². The lowest BCUT2D eigenvalue weighted by molar-refractivity contribution is -0.135. The third-order valence-corrected chi connectivity index (χ3v) is 6.50. The van der Waals surface area contributed by atoms with Crippen LogP contribution in [-0.4, -0.2) is 52.3 Å². The van der Waals surface area contributed by atoms with Crippen molar-refractivity contribution in [1.29, 1.82) is 0 Å². The van der Waals surface area contributed by atoms with Crippen LogP contribution in [-0.2, 0) is 11.3 Å². The topological polar surface area (TPSA) is 58.4 Å². The average Bonchev–Trinajstić information content (AvgIpc) is 2.70. The fraction of sp³-hybridized carbons (Fsp3) is 0.421. The quantitative estimate of drug-likeness (QED) is 0.719. The van der Waals surface area contributed by atoms with Gasteiger partial charge in [-0.2, -0.15) is 0 Å². The number of aromatic nitrogens is 2. The van der Waals surface area contributed by atoms with E-state index >= 15 is 0 Å². The second kappa shape index (κ2) is 7.56. The molecule has 2 aromatic rings. The Morgan fingerprint density at radius 1 is 1.26 bits per heavy atom. The van der Waals surface area contributed by atoms with Crippen molar-refractivity contribution in [1.82, 2.24) is 14.5 Å². The van der Waals surface area contributed by atoms with Crippen LogP contribution in [0.1, 0.15) is 5.56 Å². The summed E-state index contributed by atoms with van der Waals surface area (Å²) in [5.41, 5.74) is 1.66. The molecule has 27 heavy (non-hydrogen) atoms. The van der Waals surface area contributed by atoms with Crippen molar-refractivity contribution < 1.29 is 4.79 Å². The van der Waals surface area contributed by atoms with E-state index in [0.29, 0.717) is 36.1 Å². The van der Waals surface area contributed by atoms with Crippen LogP contribution in [0.5, 0.6) is 0 Å². The molecule has 1 aromatic heterocycles. The maximum absolute atomic E-state index is 13.0. The average molecular weight is 405 g/mol. The maximum Gasteiger partial charge on any atom is 0.257 e. The number of benzene rings is 1. The van der Waals surface area contributed by atoms with Crippen molar-refractivity contribution >= 4 is 35.0 Å². The van der Waals surface area contributed by atoms with Crippen LogP contribution in [0.4, 0.5) is 5.69 Å². The third kappa shape index (κ3) is 3.71. The Bertz CT molecular complexity index is 924. The number of fused-ring (bicyclic) bond motifs is 1. The summed E-state index contributed by atoms with van der Waals surface area (Å²) in [5, 5.41) is 1.43. The highest BCUT2D eigenvalue weighted by Gasteiger charge is 2.31. The maximum atomic E-state index is 13.0. The summed E-state index contributed by atoms with van der Waals surface area (Å²) >= 11 is 7.57. The minimum absolute atomic E-state index is 0.0456. The number of halogens is 1. The van der Waals surface area contributed by atoms with Gasteiger partial charge < -0.3 is 9.80 Å². The lowest BCUT2D eigenvalue weighted by atomic mass is 10.1. The summed E-state index contributed by atoms with van der Waals surface area (Å²) in [6.45, 7) is 5.10. The van der Waals surface area contributed by atoms with E-state index in [1.54, 1.807) is 17.7 Å². The molecule has 4 rings (SSSR count). The zero-order valence-corrected chi connectivity index (χ0v) is 16.7. The van der Waals surface area contributed by atoms with Crippen molar-refractivity contribution in [3.05, 3.63) is 51.4 Å². The smallest absolute Gasteiger partial charge is 0.257 e. The normalized spacial score (nSPS) is 19.7. The van der Waals surface area contributed by atoms with Gasteiger partial charge in [0.2, 0.25) is 5.91 Å². The fourth-order valence-corrected chi connectivity index (χ4v) is 4.79. The van der Waals surface area contributed by atoms with E-state index < -0.39 is 0 Å². The van der Waals surface area contributed by atoms with Gasteiger partial charge in [0.1, 0.15) is 0 Å². The first-order valence-electron chi connectivity index (χ1n) is 9.01. The molecule has 142 valence electrons. The number of rotatable bonds is 2. The zero-order chi connectivity index (χ0) is 19.0. The molecular formula is C19H21ClN4O2S. The molecule has 1 aromatic carbocycles. The van der Waals surface area contributed by atoms with Crippen LogP contribution in [0.2, 0.25) is 5.02 Å². The van der Waals surface area contributed by atoms with E-state index in [0.717, 1.165) is 23.8 Å². The van der Waals surface area contributed by atoms with Gasteiger partial charge in [0.05, 0.1) is 5.92 Å². The van der Waals surface area contributed by atoms with Gasteiger partial charge >= 0.3 is 0 Å². The van der Waals surface area contributed by atoms with Crippen LogP contribution >= 0.6 is 23.4 Å². The number of anilines is 1. The number of hydrogen-bond acceptors (Lipinski definition) is 5. The van der Waals surface area contributed by atoms with E-state index in [1.165, 1.54) is 11.8 Å². The van der Waals surface area contributed by atoms with Gasteiger partial charge in [0, 0.05) is 60.9 Å². The second-order valence-corrected chi connectivity index (χ2v) is 8.36. The van der Waals surface area contributed by atoms with E-state index in [1.807, 2.05) is 29.2 Å². The number of hydrogen-bond donors (Lipinski definition) is 0. The van der Waals surface area contributed by atoms with Crippen LogP contribution < -0.4 is 10.5 Å². The summed E-state index contributed by atoms with van der Waals surface area (Å²) in [6, 6.07) is 7.80. The zero-order valence-electron chi connectivity index (χ0n) is 15.1. The standard InChI is InChI=1S/C19H21ClN4O2S/c1-13-10-21-19-24(17(13)25)11-14(12-27-19)18(26)23-7-5-22(6-8-23)16-4-2-3-15(20)9-16/h2-4,9-10,14H,5-8,11-12H2,1H3. The highest BCUT2D eigenvalue weighted by molar-refractivity contribution is 7.99. The number of thioether (sulfide) groups is 1. The number of aryl methyl sites for hydroxylation is 1. The number of carbonyl (C=O) groups is 1. The van der Waals surface area contributed by atoms with E-state index in [9.17, 15) is 9.59 Å². The van der Waals surface area contributed by atoms with Crippen LogP contribution in [0.15, 0.2) is 40.4 Å². The molecule has 3 heterocycles. The molecular weight excluding hydrogens is 384 g/mol. The predicted molar refractivity (Wildman–Crippen MR) is 108 cm³/mol. The van der Waals surface area contributed by atoms with E-state index in [2.05, 4.69) is 9.88 Å². The monoisotopic (exact) mass is 404 g/mol. The first kappa shape index (κ1) is 18.4. The predicted octanol–water partition coefficient (Wildman–Crippen LogP) is 2.28. The number of piperazine rings is 1. The molecule has 0 saturated carbocycles. The van der Waals surface area contributed by atoms with Crippen molar-refractivity contribution in [2.24, 2.45) is 5.92 Å². The summed E-state index contributed by atoms with van der Waals surface area (Å²) in [7, 11) is 0. The molecule has 0 bridgehead atoms. The van der Waals surface area contributed by atoms with Crippen LogP contribution in [0.25, 0.3) is 0 Å². The Kier molecular flexibility index (Phi) is 5.14. The lowest BCUT2D eigenvalue weighted by Crippen LogP contribution is -2.52.